The number of pyridine rings is 2. The molecule has 4 heterocycles. The summed E-state index contributed by atoms with van der Waals surface area (Å²) in [5, 5.41) is 0. The van der Waals surface area contributed by atoms with Crippen molar-refractivity contribution in [3.63, 3.8) is 0 Å². The van der Waals surface area contributed by atoms with Crippen molar-refractivity contribution in [2.75, 3.05) is 27.2 Å². The third-order valence-electron chi connectivity index (χ3n) is 8.85. The Kier molecular flexibility index (Phi) is 12.2. The molecule has 0 saturated carbocycles. The molecule has 42 heavy (non-hydrogen) atoms. The van der Waals surface area contributed by atoms with Gasteiger partial charge in [0.25, 0.3) is 0 Å². The summed E-state index contributed by atoms with van der Waals surface area (Å²) in [6.07, 6.45) is 15.7. The van der Waals surface area contributed by atoms with Gasteiger partial charge in [-0.2, -0.15) is 0 Å². The minimum atomic E-state index is 0. The molecule has 0 unspecified atom stereocenters. The molecule has 0 radical (unpaired) electrons. The summed E-state index contributed by atoms with van der Waals surface area (Å²) in [4.78, 5) is 4.96. The minimum Gasteiger partial charge on any atom is -1.00 e. The Morgan fingerprint density at radius 1 is 0.762 bits per heavy atom. The molecule has 2 atom stereocenters. The Morgan fingerprint density at radius 2 is 1.38 bits per heavy atom. The number of nitrogens with zero attached hydrogens (tertiary/aromatic N) is 4. The summed E-state index contributed by atoms with van der Waals surface area (Å²) in [6.45, 7) is 6.68. The van der Waals surface area contributed by atoms with Crippen LogP contribution in [0.4, 0.5) is 0 Å². The highest BCUT2D eigenvalue weighted by Crippen LogP contribution is 2.31. The van der Waals surface area contributed by atoms with Gasteiger partial charge in [-0.1, -0.05) is 35.8 Å². The predicted octanol–water partition coefficient (Wildman–Crippen LogP) is 2.77. The van der Waals surface area contributed by atoms with Crippen molar-refractivity contribution in [2.45, 2.75) is 83.5 Å². The fourth-order valence-corrected chi connectivity index (χ4v) is 6.46. The van der Waals surface area contributed by atoms with Crippen LogP contribution in [-0.2, 0) is 13.1 Å². The fourth-order valence-electron chi connectivity index (χ4n) is 6.46. The molecule has 2 aromatic heterocycles. The molecule has 3 aromatic rings. The first kappa shape index (κ1) is 32.0. The molecule has 0 spiro atoms. The van der Waals surface area contributed by atoms with Gasteiger partial charge in [0.15, 0.2) is 24.3 Å². The second kappa shape index (κ2) is 16.0. The first-order chi connectivity index (χ1) is 20.1. The summed E-state index contributed by atoms with van der Waals surface area (Å²) in [5.74, 6) is 13.6. The van der Waals surface area contributed by atoms with Gasteiger partial charge < -0.3 is 17.0 Å². The van der Waals surface area contributed by atoms with E-state index in [0.717, 1.165) is 49.9 Å². The van der Waals surface area contributed by atoms with E-state index in [1.165, 1.54) is 55.6 Å². The number of aromatic nitrogens is 2. The summed E-state index contributed by atoms with van der Waals surface area (Å²) in [6, 6.07) is 18.4. The van der Waals surface area contributed by atoms with Gasteiger partial charge in [0.1, 0.15) is 13.1 Å². The number of hydrogen-bond acceptors (Lipinski definition) is 2. The zero-order chi connectivity index (χ0) is 28.4. The number of halogens is 1. The van der Waals surface area contributed by atoms with Crippen LogP contribution in [0.3, 0.4) is 0 Å². The summed E-state index contributed by atoms with van der Waals surface area (Å²) >= 11 is 0. The molecule has 2 saturated heterocycles. The molecule has 0 aliphatic carbocycles. The molecule has 2 aliphatic heterocycles. The van der Waals surface area contributed by atoms with Gasteiger partial charge in [-0.15, -0.1) is 0 Å². The van der Waals surface area contributed by atoms with Gasteiger partial charge in [0.2, 0.25) is 0 Å². The number of likely N-dealkylation sites (tertiary alicyclic amines) is 2. The van der Waals surface area contributed by atoms with Crippen LogP contribution >= 0.6 is 0 Å². The molecule has 5 rings (SSSR count). The highest BCUT2D eigenvalue weighted by Gasteiger charge is 2.27. The Labute approximate surface area is 264 Å². The van der Waals surface area contributed by atoms with E-state index in [4.69, 9.17) is 0 Å². The van der Waals surface area contributed by atoms with Gasteiger partial charge in [-0.3, -0.25) is 9.80 Å². The highest BCUT2D eigenvalue weighted by molar-refractivity contribution is 5.49. The highest BCUT2D eigenvalue weighted by atomic mass is 79.9. The van der Waals surface area contributed by atoms with Crippen molar-refractivity contribution in [3.05, 3.63) is 95.1 Å². The van der Waals surface area contributed by atoms with Gasteiger partial charge in [-0.25, -0.2) is 9.13 Å². The van der Waals surface area contributed by atoms with Crippen LogP contribution in [0.25, 0.3) is 0 Å². The van der Waals surface area contributed by atoms with Gasteiger partial charge in [0.05, 0.1) is 0 Å². The van der Waals surface area contributed by atoms with Crippen molar-refractivity contribution >= 4 is 0 Å². The Morgan fingerprint density at radius 3 is 2.02 bits per heavy atom. The molecule has 0 N–H and O–H groups in total. The second-order valence-electron chi connectivity index (χ2n) is 11.8. The Balaban J connectivity index is 0.00000405. The van der Waals surface area contributed by atoms with Crippen molar-refractivity contribution in [1.29, 1.82) is 0 Å². The molecule has 0 amide bonds. The third-order valence-corrected chi connectivity index (χ3v) is 8.85. The van der Waals surface area contributed by atoms with Crippen LogP contribution in [0.2, 0.25) is 0 Å². The zero-order valence-electron chi connectivity index (χ0n) is 25.7. The zero-order valence-corrected chi connectivity index (χ0v) is 27.2. The molecule has 0 bridgehead atoms. The van der Waals surface area contributed by atoms with E-state index in [9.17, 15) is 0 Å². The van der Waals surface area contributed by atoms with Crippen molar-refractivity contribution in [3.8, 4) is 23.7 Å². The topological polar surface area (TPSA) is 14.2 Å². The average Bonchev–Trinajstić information content (AvgIpc) is 3.62. The van der Waals surface area contributed by atoms with Crippen molar-refractivity contribution in [1.82, 2.24) is 9.80 Å². The maximum atomic E-state index is 3.42. The average molecular weight is 627 g/mol. The van der Waals surface area contributed by atoms with Crippen LogP contribution in [0, 0.1) is 30.6 Å². The second-order valence-corrected chi connectivity index (χ2v) is 11.8. The van der Waals surface area contributed by atoms with Gasteiger partial charge in [0, 0.05) is 79.1 Å². The molecule has 2 fully saturated rings. The summed E-state index contributed by atoms with van der Waals surface area (Å²) < 4.78 is 4.73. The number of rotatable bonds is 8. The number of aryl methyl sites for hydroxylation is 2. The van der Waals surface area contributed by atoms with Crippen molar-refractivity contribution in [2.24, 2.45) is 0 Å². The van der Waals surface area contributed by atoms with E-state index >= 15 is 0 Å². The SMILES string of the molecule is Cc1c([C@@H]2CCCN2C)ccc[n+]1CCCC#Cc1ccccc1C#CCCC[n+]1cccc([C@@H]2CCCN2C)c1.[Br-]. The largest absolute Gasteiger partial charge is 1.00 e. The van der Waals surface area contributed by atoms with E-state index in [2.05, 4.69) is 131 Å². The smallest absolute Gasteiger partial charge is 0.183 e. The number of hydrogen-bond donors (Lipinski definition) is 0. The minimum absolute atomic E-state index is 0. The Bertz CT molecular complexity index is 1440. The fraction of sp³-hybridized carbons (Fsp3) is 0.459. The molecule has 220 valence electrons. The normalized spacial score (nSPS) is 18.5. The maximum absolute atomic E-state index is 3.42. The first-order valence-corrected chi connectivity index (χ1v) is 15.6. The van der Waals surface area contributed by atoms with E-state index in [1.807, 2.05) is 0 Å². The molecule has 1 aromatic carbocycles. The monoisotopic (exact) mass is 625 g/mol. The quantitative estimate of drug-likeness (QED) is 0.217. The molecular formula is C37H46BrN4+. The number of unbranched alkanes of at least 4 members (excludes halogenated alkanes) is 2. The summed E-state index contributed by atoms with van der Waals surface area (Å²) in [7, 11) is 4.49. The maximum Gasteiger partial charge on any atom is 0.183 e. The third kappa shape index (κ3) is 8.32. The van der Waals surface area contributed by atoms with Crippen LogP contribution in [-0.4, -0.2) is 37.0 Å². The molecule has 4 nitrogen and oxygen atoms in total. The van der Waals surface area contributed by atoms with Crippen molar-refractivity contribution < 1.29 is 26.1 Å². The van der Waals surface area contributed by atoms with Crippen LogP contribution in [0.15, 0.2) is 67.1 Å². The van der Waals surface area contributed by atoms with E-state index in [0.29, 0.717) is 12.1 Å². The van der Waals surface area contributed by atoms with E-state index in [-0.39, 0.29) is 17.0 Å². The van der Waals surface area contributed by atoms with Gasteiger partial charge in [-0.05, 0) is 77.1 Å². The standard InChI is InChI=1S/C37H46N4.BrH/c1-31-35(37-23-15-25-39(37)3)21-13-29-41(31)28-11-5-7-17-33-19-9-8-18-32(33)16-6-4-10-26-40-27-12-20-34(30-40)36-22-14-24-38(36)2;/h8-9,12-13,18-21,27,29-30,36-37H,4-5,10-11,14-15,22-26,28H2,1-3H3;1H/q+2;/p-1/t36-,37-;/m0./s1. The molecule has 2 aliphatic rings. The predicted molar refractivity (Wildman–Crippen MR) is 166 cm³/mol. The van der Waals surface area contributed by atoms with E-state index in [1.54, 1.807) is 0 Å². The van der Waals surface area contributed by atoms with Crippen LogP contribution < -0.4 is 26.1 Å². The van der Waals surface area contributed by atoms with Gasteiger partial charge >= 0.3 is 0 Å². The lowest BCUT2D eigenvalue weighted by molar-refractivity contribution is -0.703. The van der Waals surface area contributed by atoms with Crippen LogP contribution in [0.1, 0.15) is 91.4 Å². The molecule has 5 heteroatoms. The summed E-state index contributed by atoms with van der Waals surface area (Å²) in [5.41, 5.74) is 6.39. The lowest BCUT2D eigenvalue weighted by Crippen LogP contribution is -3.00. The lowest BCUT2D eigenvalue weighted by atomic mass is 10.0. The first-order valence-electron chi connectivity index (χ1n) is 15.6. The lowest BCUT2D eigenvalue weighted by Gasteiger charge is -2.20. The van der Waals surface area contributed by atoms with E-state index < -0.39 is 0 Å². The van der Waals surface area contributed by atoms with Crippen LogP contribution in [0.5, 0.6) is 0 Å². The molecular weight excluding hydrogens is 580 g/mol. The number of benzene rings is 1. The Hall–Kier alpha value is -2.96.